The predicted molar refractivity (Wildman–Crippen MR) is 224 cm³/mol. The maximum Gasteiger partial charge on any atom is 0.136 e. The molecule has 0 amide bonds. The van der Waals surface area contributed by atoms with Crippen LogP contribution in [0.1, 0.15) is 102 Å². The van der Waals surface area contributed by atoms with Gasteiger partial charge in [0.2, 0.25) is 0 Å². The maximum absolute atomic E-state index is 6.44. The van der Waals surface area contributed by atoms with Crippen LogP contribution >= 0.6 is 0 Å². The highest BCUT2D eigenvalue weighted by atomic mass is 16.3. The summed E-state index contributed by atoms with van der Waals surface area (Å²) in [6, 6.07) is 40.4. The van der Waals surface area contributed by atoms with E-state index >= 15 is 0 Å². The van der Waals surface area contributed by atoms with Crippen LogP contribution in [0.3, 0.4) is 0 Å². The standard InChI is InChI=1S/C50H52O2/c1-3-5-7-9-11-13-15-35-17-21-37(22-18-35)39-25-29-45-43(33-39)49-41-27-32-48-50(42(41)28-31-47(49)51-45)44-34-40(26-30-46(44)52-48)38-23-19-36(20-24-38)16-14-12-10-8-6-4-2/h17-34H,3-16H2,1-2H3. The molecule has 0 aliphatic rings. The van der Waals surface area contributed by atoms with E-state index in [1.54, 1.807) is 0 Å². The topological polar surface area (TPSA) is 26.3 Å². The predicted octanol–water partition coefficient (Wildman–Crippen LogP) is 15.8. The highest BCUT2D eigenvalue weighted by molar-refractivity contribution is 6.27. The van der Waals surface area contributed by atoms with Crippen molar-refractivity contribution < 1.29 is 8.83 Å². The average molecular weight is 685 g/mol. The summed E-state index contributed by atoms with van der Waals surface area (Å²) in [5, 5.41) is 7.04. The lowest BCUT2D eigenvalue weighted by molar-refractivity contribution is 0.607. The van der Waals surface area contributed by atoms with Crippen LogP contribution < -0.4 is 0 Å². The summed E-state index contributed by atoms with van der Waals surface area (Å²) in [6.07, 6.45) is 18.3. The first-order valence-corrected chi connectivity index (χ1v) is 20.1. The Hall–Kier alpha value is -4.82. The molecule has 264 valence electrons. The smallest absolute Gasteiger partial charge is 0.136 e. The second kappa shape index (κ2) is 15.8. The molecule has 0 radical (unpaired) electrons. The van der Waals surface area contributed by atoms with Crippen LogP contribution in [0.25, 0.3) is 76.9 Å². The molecule has 6 aromatic carbocycles. The van der Waals surface area contributed by atoms with Crippen LogP contribution in [-0.4, -0.2) is 0 Å². The van der Waals surface area contributed by atoms with Crippen molar-refractivity contribution in [1.29, 1.82) is 0 Å². The molecule has 0 atom stereocenters. The number of rotatable bonds is 16. The molecule has 0 saturated heterocycles. The van der Waals surface area contributed by atoms with Crippen molar-refractivity contribution in [3.63, 3.8) is 0 Å². The third-order valence-corrected chi connectivity index (χ3v) is 11.3. The molecule has 8 aromatic rings. The molecule has 2 heterocycles. The monoisotopic (exact) mass is 684 g/mol. The Balaban J connectivity index is 1.08. The van der Waals surface area contributed by atoms with Gasteiger partial charge in [-0.1, -0.05) is 139 Å². The van der Waals surface area contributed by atoms with Gasteiger partial charge in [-0.3, -0.25) is 0 Å². The lowest BCUT2D eigenvalue weighted by atomic mass is 9.96. The van der Waals surface area contributed by atoms with E-state index in [1.165, 1.54) is 132 Å². The van der Waals surface area contributed by atoms with Gasteiger partial charge in [0.15, 0.2) is 0 Å². The van der Waals surface area contributed by atoms with E-state index in [1.807, 2.05) is 0 Å². The van der Waals surface area contributed by atoms with Crippen molar-refractivity contribution in [2.75, 3.05) is 0 Å². The van der Waals surface area contributed by atoms with Gasteiger partial charge in [-0.05, 0) is 118 Å². The van der Waals surface area contributed by atoms with Crippen LogP contribution in [0, 0.1) is 0 Å². The number of aryl methyl sites for hydroxylation is 2. The van der Waals surface area contributed by atoms with Gasteiger partial charge in [0.25, 0.3) is 0 Å². The molecule has 0 aliphatic carbocycles. The summed E-state index contributed by atoms with van der Waals surface area (Å²) < 4.78 is 12.9. The molecule has 0 spiro atoms. The van der Waals surface area contributed by atoms with E-state index < -0.39 is 0 Å². The molecule has 52 heavy (non-hydrogen) atoms. The second-order valence-electron chi connectivity index (χ2n) is 15.0. The fourth-order valence-corrected chi connectivity index (χ4v) is 8.26. The first-order valence-electron chi connectivity index (χ1n) is 20.1. The van der Waals surface area contributed by atoms with Crippen molar-refractivity contribution in [1.82, 2.24) is 0 Å². The Bertz CT molecular complexity index is 2250. The number of hydrogen-bond acceptors (Lipinski definition) is 2. The quantitative estimate of drug-likeness (QED) is 0.0947. The zero-order valence-electron chi connectivity index (χ0n) is 31.1. The van der Waals surface area contributed by atoms with Gasteiger partial charge in [0.1, 0.15) is 22.3 Å². The third kappa shape index (κ3) is 7.13. The molecule has 0 fully saturated rings. The molecule has 2 heteroatoms. The summed E-state index contributed by atoms with van der Waals surface area (Å²) in [5.41, 5.74) is 11.5. The van der Waals surface area contributed by atoms with Crippen LogP contribution in [0.15, 0.2) is 118 Å². The van der Waals surface area contributed by atoms with Crippen LogP contribution in [0.4, 0.5) is 0 Å². The molecule has 0 bridgehead atoms. The van der Waals surface area contributed by atoms with E-state index in [0.717, 1.165) is 45.9 Å². The summed E-state index contributed by atoms with van der Waals surface area (Å²) in [7, 11) is 0. The van der Waals surface area contributed by atoms with Gasteiger partial charge < -0.3 is 8.83 Å². The molecule has 2 nitrogen and oxygen atoms in total. The van der Waals surface area contributed by atoms with E-state index in [4.69, 9.17) is 8.83 Å². The highest BCUT2D eigenvalue weighted by Crippen LogP contribution is 2.42. The van der Waals surface area contributed by atoms with Gasteiger partial charge in [-0.2, -0.15) is 0 Å². The van der Waals surface area contributed by atoms with E-state index in [-0.39, 0.29) is 0 Å². The average Bonchev–Trinajstić information content (AvgIpc) is 3.76. The Kier molecular flexibility index (Phi) is 10.4. The van der Waals surface area contributed by atoms with Gasteiger partial charge >= 0.3 is 0 Å². The van der Waals surface area contributed by atoms with Crippen LogP contribution in [0.5, 0.6) is 0 Å². The fraction of sp³-hybridized carbons (Fsp3) is 0.320. The first kappa shape index (κ1) is 34.3. The lowest BCUT2D eigenvalue weighted by Crippen LogP contribution is -1.87. The fourth-order valence-electron chi connectivity index (χ4n) is 8.26. The molecule has 0 N–H and O–H groups in total. The molecular formula is C50H52O2. The summed E-state index contributed by atoms with van der Waals surface area (Å²) in [5.74, 6) is 0. The number of unbranched alkanes of at least 4 members (excludes halogenated alkanes) is 10. The number of fused-ring (bicyclic) bond motifs is 9. The minimum atomic E-state index is 0.919. The summed E-state index contributed by atoms with van der Waals surface area (Å²) in [6.45, 7) is 4.56. The molecule has 0 unspecified atom stereocenters. The SMILES string of the molecule is CCCCCCCCc1ccc(-c2ccc3oc4ccc5c(ccc6oc7ccc(-c8ccc(CCCCCCCC)cc8)cc7c65)c4c3c2)cc1. The summed E-state index contributed by atoms with van der Waals surface area (Å²) >= 11 is 0. The molecule has 0 aliphatic heterocycles. The van der Waals surface area contributed by atoms with Gasteiger partial charge in [0, 0.05) is 21.5 Å². The van der Waals surface area contributed by atoms with Gasteiger partial charge in [-0.25, -0.2) is 0 Å². The van der Waals surface area contributed by atoms with Gasteiger partial charge in [-0.15, -0.1) is 0 Å². The van der Waals surface area contributed by atoms with E-state index in [9.17, 15) is 0 Å². The molecular weight excluding hydrogens is 633 g/mol. The number of furan rings is 2. The number of benzene rings is 6. The van der Waals surface area contributed by atoms with Crippen molar-refractivity contribution in [3.05, 3.63) is 120 Å². The van der Waals surface area contributed by atoms with Crippen molar-refractivity contribution in [3.8, 4) is 22.3 Å². The lowest BCUT2D eigenvalue weighted by Gasteiger charge is -2.06. The highest BCUT2D eigenvalue weighted by Gasteiger charge is 2.17. The Morgan fingerprint density at radius 1 is 0.327 bits per heavy atom. The minimum Gasteiger partial charge on any atom is -0.456 e. The van der Waals surface area contributed by atoms with Crippen LogP contribution in [-0.2, 0) is 12.8 Å². The first-order chi connectivity index (χ1) is 25.7. The van der Waals surface area contributed by atoms with Crippen LogP contribution in [0.2, 0.25) is 0 Å². The van der Waals surface area contributed by atoms with E-state index in [0.29, 0.717) is 0 Å². The summed E-state index contributed by atoms with van der Waals surface area (Å²) in [4.78, 5) is 0. The van der Waals surface area contributed by atoms with Gasteiger partial charge in [0.05, 0.1) is 0 Å². The van der Waals surface area contributed by atoms with Crippen molar-refractivity contribution in [2.45, 2.75) is 104 Å². The zero-order chi connectivity index (χ0) is 35.3. The Morgan fingerprint density at radius 3 is 1.12 bits per heavy atom. The molecule has 0 saturated carbocycles. The number of hydrogen-bond donors (Lipinski definition) is 0. The minimum absolute atomic E-state index is 0.919. The molecule has 8 rings (SSSR count). The maximum atomic E-state index is 6.44. The Labute approximate surface area is 308 Å². The van der Waals surface area contributed by atoms with Crippen molar-refractivity contribution in [2.24, 2.45) is 0 Å². The normalized spacial score (nSPS) is 12.0. The van der Waals surface area contributed by atoms with Crippen molar-refractivity contribution >= 4 is 54.6 Å². The largest absolute Gasteiger partial charge is 0.456 e. The zero-order valence-corrected chi connectivity index (χ0v) is 31.1. The third-order valence-electron chi connectivity index (χ3n) is 11.3. The second-order valence-corrected chi connectivity index (χ2v) is 15.0. The molecule has 2 aromatic heterocycles. The van der Waals surface area contributed by atoms with E-state index in [2.05, 4.69) is 123 Å². The Morgan fingerprint density at radius 2 is 0.692 bits per heavy atom.